The van der Waals surface area contributed by atoms with E-state index in [4.69, 9.17) is 0 Å². The van der Waals surface area contributed by atoms with E-state index in [9.17, 15) is 9.59 Å². The van der Waals surface area contributed by atoms with Crippen LogP contribution in [-0.4, -0.2) is 23.3 Å². The number of para-hydroxylation sites is 1. The van der Waals surface area contributed by atoms with Gasteiger partial charge in [0.15, 0.2) is 5.13 Å². The highest BCUT2D eigenvalue weighted by Gasteiger charge is 2.18. The average molecular weight is 437 g/mol. The smallest absolute Gasteiger partial charge is 0.289 e. The van der Waals surface area contributed by atoms with Crippen LogP contribution >= 0.6 is 11.3 Å². The number of hydrogen-bond acceptors (Lipinski definition) is 5. The van der Waals surface area contributed by atoms with E-state index in [0.717, 1.165) is 30.2 Å². The fraction of sp³-hybridized carbons (Fsp3) is 0.292. The van der Waals surface area contributed by atoms with Crippen LogP contribution in [0.5, 0.6) is 0 Å². The molecule has 0 aliphatic carbocycles. The Labute approximate surface area is 187 Å². The van der Waals surface area contributed by atoms with Crippen LogP contribution in [0.25, 0.3) is 0 Å². The van der Waals surface area contributed by atoms with Gasteiger partial charge in [0, 0.05) is 23.2 Å². The summed E-state index contributed by atoms with van der Waals surface area (Å²) in [4.78, 5) is 31.4. The molecule has 1 aromatic heterocycles. The number of thiazole rings is 1. The number of benzene rings is 2. The Morgan fingerprint density at radius 2 is 1.68 bits per heavy atom. The van der Waals surface area contributed by atoms with Crippen molar-refractivity contribution in [3.8, 4) is 0 Å². The second-order valence-electron chi connectivity index (χ2n) is 7.71. The van der Waals surface area contributed by atoms with Crippen molar-refractivity contribution < 1.29 is 9.59 Å². The Morgan fingerprint density at radius 3 is 2.32 bits per heavy atom. The SMILES string of the molecule is CCCc1ccc(C(=O)NNC(=O)c2csc(N(CC(C)C)c3ccccc3)n2)cc1. The lowest BCUT2D eigenvalue weighted by Crippen LogP contribution is -2.41. The second kappa shape index (κ2) is 10.7. The van der Waals surface area contributed by atoms with Crippen LogP contribution < -0.4 is 15.8 Å². The van der Waals surface area contributed by atoms with Gasteiger partial charge in [-0.3, -0.25) is 20.4 Å². The Kier molecular flexibility index (Phi) is 7.78. The zero-order valence-corrected chi connectivity index (χ0v) is 18.9. The van der Waals surface area contributed by atoms with Gasteiger partial charge in [0.2, 0.25) is 0 Å². The van der Waals surface area contributed by atoms with Gasteiger partial charge in [0.05, 0.1) is 0 Å². The van der Waals surface area contributed by atoms with Gasteiger partial charge < -0.3 is 4.90 Å². The first-order valence-corrected chi connectivity index (χ1v) is 11.3. The first-order chi connectivity index (χ1) is 15.0. The normalized spacial score (nSPS) is 10.7. The molecule has 0 saturated carbocycles. The molecule has 0 aliphatic heterocycles. The van der Waals surface area contributed by atoms with Crippen molar-refractivity contribution in [3.63, 3.8) is 0 Å². The van der Waals surface area contributed by atoms with Crippen molar-refractivity contribution in [3.05, 3.63) is 76.8 Å². The van der Waals surface area contributed by atoms with E-state index in [-0.39, 0.29) is 11.6 Å². The molecule has 0 spiro atoms. The molecule has 2 N–H and O–H groups in total. The molecule has 0 bridgehead atoms. The van der Waals surface area contributed by atoms with Gasteiger partial charge in [-0.15, -0.1) is 11.3 Å². The molecule has 0 aliphatic rings. The molecule has 2 aromatic carbocycles. The van der Waals surface area contributed by atoms with Crippen LogP contribution in [0.3, 0.4) is 0 Å². The van der Waals surface area contributed by atoms with E-state index in [1.165, 1.54) is 16.9 Å². The lowest BCUT2D eigenvalue weighted by molar-refractivity contribution is 0.0844. The summed E-state index contributed by atoms with van der Waals surface area (Å²) in [5, 5.41) is 2.44. The van der Waals surface area contributed by atoms with Crippen molar-refractivity contribution in [1.29, 1.82) is 0 Å². The molecule has 3 aromatic rings. The van der Waals surface area contributed by atoms with E-state index in [1.807, 2.05) is 42.5 Å². The highest BCUT2D eigenvalue weighted by atomic mass is 32.1. The molecule has 0 atom stereocenters. The molecule has 1 heterocycles. The zero-order valence-electron chi connectivity index (χ0n) is 18.1. The molecule has 0 unspecified atom stereocenters. The summed E-state index contributed by atoms with van der Waals surface area (Å²) in [7, 11) is 0. The number of amides is 2. The largest absolute Gasteiger partial charge is 0.318 e. The molecule has 0 fully saturated rings. The summed E-state index contributed by atoms with van der Waals surface area (Å²) in [6.07, 6.45) is 2.03. The van der Waals surface area contributed by atoms with Gasteiger partial charge in [-0.05, 0) is 42.2 Å². The standard InChI is InChI=1S/C24H28N4O2S/c1-4-8-18-11-13-19(14-12-18)22(29)26-27-23(30)21-16-31-24(25-21)28(15-17(2)3)20-9-6-5-7-10-20/h5-7,9-14,16-17H,4,8,15H2,1-3H3,(H,26,29)(H,27,30). The van der Waals surface area contributed by atoms with Crippen molar-refractivity contribution in [2.75, 3.05) is 11.4 Å². The number of carbonyl (C=O) groups excluding carboxylic acids is 2. The fourth-order valence-corrected chi connectivity index (χ4v) is 3.96. The van der Waals surface area contributed by atoms with Crippen LogP contribution in [0.2, 0.25) is 0 Å². The topological polar surface area (TPSA) is 74.3 Å². The number of hydrazine groups is 1. The van der Waals surface area contributed by atoms with Crippen LogP contribution in [0.1, 0.15) is 53.6 Å². The molecule has 2 amide bonds. The molecule has 3 rings (SSSR count). The lowest BCUT2D eigenvalue weighted by atomic mass is 10.1. The van der Waals surface area contributed by atoms with E-state index in [1.54, 1.807) is 17.5 Å². The highest BCUT2D eigenvalue weighted by Crippen LogP contribution is 2.29. The third-order valence-corrected chi connectivity index (χ3v) is 5.48. The molecule has 0 saturated heterocycles. The van der Waals surface area contributed by atoms with Gasteiger partial charge in [-0.1, -0.05) is 57.5 Å². The monoisotopic (exact) mass is 436 g/mol. The van der Waals surface area contributed by atoms with Crippen LogP contribution in [0.4, 0.5) is 10.8 Å². The highest BCUT2D eigenvalue weighted by molar-refractivity contribution is 7.14. The second-order valence-corrected chi connectivity index (χ2v) is 8.55. The van der Waals surface area contributed by atoms with Crippen molar-refractivity contribution >= 4 is 34.0 Å². The minimum atomic E-state index is -0.448. The first kappa shape index (κ1) is 22.5. The van der Waals surface area contributed by atoms with E-state index < -0.39 is 5.91 Å². The van der Waals surface area contributed by atoms with Crippen molar-refractivity contribution in [2.24, 2.45) is 5.92 Å². The van der Waals surface area contributed by atoms with Crippen molar-refractivity contribution in [1.82, 2.24) is 15.8 Å². The van der Waals surface area contributed by atoms with E-state index >= 15 is 0 Å². The predicted octanol–water partition coefficient (Wildman–Crippen LogP) is 4.96. The number of carbonyl (C=O) groups is 2. The number of anilines is 2. The minimum Gasteiger partial charge on any atom is -0.318 e. The van der Waals surface area contributed by atoms with Gasteiger partial charge in [0.1, 0.15) is 5.69 Å². The summed E-state index contributed by atoms with van der Waals surface area (Å²) in [5.41, 5.74) is 7.89. The average Bonchev–Trinajstić information content (AvgIpc) is 3.27. The number of nitrogens with one attached hydrogen (secondary N) is 2. The minimum absolute atomic E-state index is 0.267. The first-order valence-electron chi connectivity index (χ1n) is 10.5. The molecule has 162 valence electrons. The number of nitrogens with zero attached hydrogens (tertiary/aromatic N) is 2. The molecule has 7 heteroatoms. The quantitative estimate of drug-likeness (QED) is 0.489. The van der Waals surface area contributed by atoms with E-state index in [2.05, 4.69) is 41.5 Å². The maximum absolute atomic E-state index is 12.5. The van der Waals surface area contributed by atoms with Gasteiger partial charge >= 0.3 is 0 Å². The van der Waals surface area contributed by atoms with Crippen LogP contribution in [-0.2, 0) is 6.42 Å². The van der Waals surface area contributed by atoms with Crippen LogP contribution in [0, 0.1) is 5.92 Å². The van der Waals surface area contributed by atoms with E-state index in [0.29, 0.717) is 11.5 Å². The third-order valence-electron chi connectivity index (χ3n) is 4.62. The summed E-state index contributed by atoms with van der Waals surface area (Å²) >= 11 is 1.40. The number of rotatable bonds is 8. The number of hydrogen-bond donors (Lipinski definition) is 2. The van der Waals surface area contributed by atoms with Crippen LogP contribution in [0.15, 0.2) is 60.0 Å². The Bertz CT molecular complexity index is 1000. The predicted molar refractivity (Wildman–Crippen MR) is 126 cm³/mol. The number of aromatic nitrogens is 1. The maximum atomic E-state index is 12.5. The van der Waals surface area contributed by atoms with Gasteiger partial charge in [-0.25, -0.2) is 4.98 Å². The molecule has 31 heavy (non-hydrogen) atoms. The summed E-state index contributed by atoms with van der Waals surface area (Å²) < 4.78 is 0. The Balaban J connectivity index is 1.64. The molecule has 6 nitrogen and oxygen atoms in total. The zero-order chi connectivity index (χ0) is 22.2. The lowest BCUT2D eigenvalue weighted by Gasteiger charge is -2.23. The Morgan fingerprint density at radius 1 is 1.00 bits per heavy atom. The Hall–Kier alpha value is -3.19. The molecular formula is C24H28N4O2S. The van der Waals surface area contributed by atoms with Gasteiger partial charge in [-0.2, -0.15) is 0 Å². The van der Waals surface area contributed by atoms with Gasteiger partial charge in [0.25, 0.3) is 11.8 Å². The van der Waals surface area contributed by atoms with Crippen molar-refractivity contribution in [2.45, 2.75) is 33.6 Å². The summed E-state index contributed by atoms with van der Waals surface area (Å²) in [5.74, 6) is -0.391. The molecular weight excluding hydrogens is 408 g/mol. The maximum Gasteiger partial charge on any atom is 0.289 e. The fourth-order valence-electron chi connectivity index (χ4n) is 3.12. The summed E-state index contributed by atoms with van der Waals surface area (Å²) in [6.45, 7) is 7.17. The third kappa shape index (κ3) is 6.15. The molecule has 0 radical (unpaired) electrons. The number of aryl methyl sites for hydroxylation is 1. The summed E-state index contributed by atoms with van der Waals surface area (Å²) in [6, 6.07) is 17.4.